The van der Waals surface area contributed by atoms with Gasteiger partial charge in [0.2, 0.25) is 10.0 Å². The number of anilines is 1. The highest BCUT2D eigenvalue weighted by Gasteiger charge is 2.37. The zero-order chi connectivity index (χ0) is 17.0. The van der Waals surface area contributed by atoms with Crippen LogP contribution in [0, 0.1) is 5.92 Å². The second-order valence-corrected chi connectivity index (χ2v) is 7.47. The molecule has 1 amide bonds. The van der Waals surface area contributed by atoms with Gasteiger partial charge < -0.3 is 10.4 Å². The van der Waals surface area contributed by atoms with Crippen molar-refractivity contribution in [1.82, 2.24) is 5.32 Å². The third-order valence-electron chi connectivity index (χ3n) is 3.52. The van der Waals surface area contributed by atoms with Crippen molar-refractivity contribution < 1.29 is 23.1 Å². The third-order valence-corrected chi connectivity index (χ3v) is 5.01. The molecule has 0 aromatic heterocycles. The summed E-state index contributed by atoms with van der Waals surface area (Å²) >= 11 is 0. The van der Waals surface area contributed by atoms with Gasteiger partial charge in [-0.15, -0.1) is 0 Å². The molecule has 0 bridgehead atoms. The maximum Gasteiger partial charge on any atom is 0.326 e. The van der Waals surface area contributed by atoms with Crippen molar-refractivity contribution in [2.24, 2.45) is 5.92 Å². The van der Waals surface area contributed by atoms with Gasteiger partial charge in [0, 0.05) is 11.3 Å². The van der Waals surface area contributed by atoms with Crippen LogP contribution in [-0.4, -0.2) is 37.2 Å². The largest absolute Gasteiger partial charge is 0.480 e. The Labute approximate surface area is 135 Å². The monoisotopic (exact) mass is 340 g/mol. The van der Waals surface area contributed by atoms with Crippen LogP contribution in [0.5, 0.6) is 0 Å². The molecule has 8 heteroatoms. The lowest BCUT2D eigenvalue weighted by molar-refractivity contribution is -0.139. The Morgan fingerprint density at radius 1 is 1.35 bits per heavy atom. The Kier molecular flexibility index (Phi) is 5.25. The summed E-state index contributed by atoms with van der Waals surface area (Å²) in [6, 6.07) is 5.10. The summed E-state index contributed by atoms with van der Waals surface area (Å²) in [6.45, 7) is 1.76. The Morgan fingerprint density at radius 3 is 2.61 bits per heavy atom. The highest BCUT2D eigenvalue weighted by atomic mass is 32.2. The van der Waals surface area contributed by atoms with Gasteiger partial charge in [0.05, 0.1) is 5.75 Å². The summed E-state index contributed by atoms with van der Waals surface area (Å²) in [7, 11) is -3.44. The second-order valence-electron chi connectivity index (χ2n) is 5.63. The summed E-state index contributed by atoms with van der Waals surface area (Å²) in [5, 5.41) is 11.6. The lowest BCUT2D eigenvalue weighted by Gasteiger charge is -2.14. The molecule has 7 nitrogen and oxygen atoms in total. The van der Waals surface area contributed by atoms with E-state index in [-0.39, 0.29) is 22.9 Å². The quantitative estimate of drug-likeness (QED) is 0.663. The van der Waals surface area contributed by atoms with E-state index >= 15 is 0 Å². The number of hydrogen-bond donors (Lipinski definition) is 3. The Hall–Kier alpha value is -2.09. The number of amides is 1. The second kappa shape index (κ2) is 6.99. The van der Waals surface area contributed by atoms with Crippen LogP contribution < -0.4 is 10.0 Å². The number of aliphatic carboxylic acids is 1. The molecule has 0 aliphatic heterocycles. The SMILES string of the molecule is CCCS(=O)(=O)Nc1cccc(C(=O)NC(C(=O)O)C2CC2)c1. The van der Waals surface area contributed by atoms with Crippen LogP contribution in [-0.2, 0) is 14.8 Å². The number of carbonyl (C=O) groups is 2. The van der Waals surface area contributed by atoms with Gasteiger partial charge in [0.15, 0.2) is 0 Å². The predicted octanol–water partition coefficient (Wildman–Crippen LogP) is 1.43. The van der Waals surface area contributed by atoms with Crippen molar-refractivity contribution in [3.63, 3.8) is 0 Å². The minimum absolute atomic E-state index is 0.00775. The van der Waals surface area contributed by atoms with E-state index in [0.717, 1.165) is 12.8 Å². The minimum Gasteiger partial charge on any atom is -0.480 e. The molecule has 126 valence electrons. The van der Waals surface area contributed by atoms with Crippen LogP contribution in [0.1, 0.15) is 36.5 Å². The molecule has 1 aliphatic carbocycles. The maximum absolute atomic E-state index is 12.2. The normalized spacial score (nSPS) is 15.7. The Balaban J connectivity index is 2.09. The van der Waals surface area contributed by atoms with Gasteiger partial charge in [-0.2, -0.15) is 0 Å². The number of rotatable bonds is 8. The van der Waals surface area contributed by atoms with Gasteiger partial charge in [-0.3, -0.25) is 9.52 Å². The maximum atomic E-state index is 12.2. The van der Waals surface area contributed by atoms with Gasteiger partial charge in [-0.25, -0.2) is 13.2 Å². The van der Waals surface area contributed by atoms with E-state index in [4.69, 9.17) is 5.11 Å². The third kappa shape index (κ3) is 4.95. The van der Waals surface area contributed by atoms with Crippen molar-refractivity contribution >= 4 is 27.6 Å². The first-order valence-corrected chi connectivity index (χ1v) is 9.12. The smallest absolute Gasteiger partial charge is 0.326 e. The van der Waals surface area contributed by atoms with Crippen molar-refractivity contribution in [3.8, 4) is 0 Å². The molecule has 1 saturated carbocycles. The molecular formula is C15H20N2O5S. The van der Waals surface area contributed by atoms with E-state index in [1.807, 2.05) is 0 Å². The van der Waals surface area contributed by atoms with Crippen LogP contribution in [0.3, 0.4) is 0 Å². The molecule has 0 heterocycles. The number of benzene rings is 1. The lowest BCUT2D eigenvalue weighted by Crippen LogP contribution is -2.42. The van der Waals surface area contributed by atoms with E-state index in [1.165, 1.54) is 12.1 Å². The van der Waals surface area contributed by atoms with Crippen molar-refractivity contribution in [2.75, 3.05) is 10.5 Å². The number of carbonyl (C=O) groups excluding carboxylic acids is 1. The van der Waals surface area contributed by atoms with Crippen LogP contribution in [0.15, 0.2) is 24.3 Å². The zero-order valence-corrected chi connectivity index (χ0v) is 13.6. The molecule has 1 fully saturated rings. The van der Waals surface area contributed by atoms with Crippen LogP contribution in [0.2, 0.25) is 0 Å². The van der Waals surface area contributed by atoms with Crippen LogP contribution >= 0.6 is 0 Å². The van der Waals surface area contributed by atoms with Gasteiger partial charge in [0.25, 0.3) is 5.91 Å². The zero-order valence-electron chi connectivity index (χ0n) is 12.8. The fourth-order valence-corrected chi connectivity index (χ4v) is 3.38. The standard InChI is InChI=1S/C15H20N2O5S/c1-2-8-23(21,22)17-12-5-3-4-11(9-12)14(18)16-13(15(19)20)10-6-7-10/h3-5,9-10,13,17H,2,6-8H2,1H3,(H,16,18)(H,19,20). The van der Waals surface area contributed by atoms with Gasteiger partial charge >= 0.3 is 5.97 Å². The molecule has 3 N–H and O–H groups in total. The Morgan fingerprint density at radius 2 is 2.04 bits per heavy atom. The highest BCUT2D eigenvalue weighted by Crippen LogP contribution is 2.32. The molecule has 1 aromatic carbocycles. The number of sulfonamides is 1. The summed E-state index contributed by atoms with van der Waals surface area (Å²) in [5.74, 6) is -1.61. The average Bonchev–Trinajstić information content (AvgIpc) is 3.28. The summed E-state index contributed by atoms with van der Waals surface area (Å²) in [4.78, 5) is 23.4. The van der Waals surface area contributed by atoms with Gasteiger partial charge in [0.1, 0.15) is 6.04 Å². The average molecular weight is 340 g/mol. The molecule has 1 aromatic rings. The summed E-state index contributed by atoms with van der Waals surface area (Å²) in [6.07, 6.45) is 2.05. The number of carboxylic acid groups (broad SMARTS) is 1. The topological polar surface area (TPSA) is 113 Å². The molecule has 1 unspecified atom stereocenters. The van der Waals surface area contributed by atoms with E-state index < -0.39 is 27.9 Å². The van der Waals surface area contributed by atoms with E-state index in [2.05, 4.69) is 10.0 Å². The highest BCUT2D eigenvalue weighted by molar-refractivity contribution is 7.92. The number of hydrogen-bond acceptors (Lipinski definition) is 4. The van der Waals surface area contributed by atoms with E-state index in [1.54, 1.807) is 19.1 Å². The van der Waals surface area contributed by atoms with Crippen molar-refractivity contribution in [1.29, 1.82) is 0 Å². The minimum atomic E-state index is -3.44. The fourth-order valence-electron chi connectivity index (χ4n) is 2.26. The van der Waals surface area contributed by atoms with Gasteiger partial charge in [-0.1, -0.05) is 13.0 Å². The number of carboxylic acids is 1. The molecule has 0 spiro atoms. The predicted molar refractivity (Wildman–Crippen MR) is 85.8 cm³/mol. The first-order chi connectivity index (χ1) is 10.8. The Bertz CT molecular complexity index is 698. The fraction of sp³-hybridized carbons (Fsp3) is 0.467. The van der Waals surface area contributed by atoms with Crippen LogP contribution in [0.4, 0.5) is 5.69 Å². The molecule has 1 atom stereocenters. The number of nitrogens with one attached hydrogen (secondary N) is 2. The van der Waals surface area contributed by atoms with Gasteiger partial charge in [-0.05, 0) is 43.4 Å². The van der Waals surface area contributed by atoms with Crippen molar-refractivity contribution in [3.05, 3.63) is 29.8 Å². The van der Waals surface area contributed by atoms with E-state index in [9.17, 15) is 18.0 Å². The molecule has 2 rings (SSSR count). The summed E-state index contributed by atoms with van der Waals surface area (Å²) in [5.41, 5.74) is 0.498. The molecule has 1 aliphatic rings. The van der Waals surface area contributed by atoms with Crippen molar-refractivity contribution in [2.45, 2.75) is 32.2 Å². The van der Waals surface area contributed by atoms with Crippen LogP contribution in [0.25, 0.3) is 0 Å². The lowest BCUT2D eigenvalue weighted by atomic mass is 10.1. The molecular weight excluding hydrogens is 320 g/mol. The van der Waals surface area contributed by atoms with E-state index in [0.29, 0.717) is 6.42 Å². The first-order valence-electron chi connectivity index (χ1n) is 7.46. The molecule has 0 saturated heterocycles. The summed E-state index contributed by atoms with van der Waals surface area (Å²) < 4.78 is 25.9. The molecule has 23 heavy (non-hydrogen) atoms. The first kappa shape index (κ1) is 17.3. The molecule has 0 radical (unpaired) electrons.